The van der Waals surface area contributed by atoms with E-state index in [9.17, 15) is 9.18 Å². The van der Waals surface area contributed by atoms with Gasteiger partial charge in [-0.3, -0.25) is 0 Å². The molecule has 132 valence electrons. The lowest BCUT2D eigenvalue weighted by atomic mass is 9.71. The predicted octanol–water partition coefficient (Wildman–Crippen LogP) is 4.90. The Morgan fingerprint density at radius 2 is 2.04 bits per heavy atom. The first-order valence-electron chi connectivity index (χ1n) is 8.95. The average Bonchev–Trinajstić information content (AvgIpc) is 2.51. The van der Waals surface area contributed by atoms with E-state index >= 15 is 0 Å². The van der Waals surface area contributed by atoms with E-state index in [0.717, 1.165) is 32.1 Å². The molecule has 2 aliphatic carbocycles. The number of carbonyl (C=O) groups excluding carboxylic acids is 1. The lowest BCUT2D eigenvalue weighted by molar-refractivity contribution is -0.00601. The van der Waals surface area contributed by atoms with Gasteiger partial charge in [0.2, 0.25) is 0 Å². The van der Waals surface area contributed by atoms with Crippen molar-refractivity contribution in [2.75, 3.05) is 5.32 Å². The molecule has 2 heterocycles. The molecule has 5 rings (SSSR count). The minimum atomic E-state index is -0.546. The molecule has 1 aromatic rings. The number of hydrogen-bond donors (Lipinski definition) is 1. The van der Waals surface area contributed by atoms with Gasteiger partial charge in [-0.1, -0.05) is 18.5 Å². The second kappa shape index (κ2) is 6.17. The quantitative estimate of drug-likeness (QED) is 0.814. The van der Waals surface area contributed by atoms with Gasteiger partial charge in [0.25, 0.3) is 0 Å². The predicted molar refractivity (Wildman–Crippen MR) is 93.9 cm³/mol. The molecule has 4 fully saturated rings. The van der Waals surface area contributed by atoms with Crippen molar-refractivity contribution in [1.82, 2.24) is 4.90 Å². The van der Waals surface area contributed by atoms with Crippen molar-refractivity contribution in [1.29, 1.82) is 5.26 Å². The maximum atomic E-state index is 14.2. The van der Waals surface area contributed by atoms with E-state index in [1.165, 1.54) is 6.07 Å². The molecular formula is C19H21ClFN3O. The van der Waals surface area contributed by atoms with Crippen molar-refractivity contribution in [3.05, 3.63) is 28.5 Å². The maximum absolute atomic E-state index is 14.2. The van der Waals surface area contributed by atoms with E-state index in [4.69, 9.17) is 16.9 Å². The van der Waals surface area contributed by atoms with E-state index in [0.29, 0.717) is 29.3 Å². The van der Waals surface area contributed by atoms with Gasteiger partial charge in [0.05, 0.1) is 17.0 Å². The van der Waals surface area contributed by atoms with Gasteiger partial charge < -0.3 is 10.2 Å². The van der Waals surface area contributed by atoms with Crippen LogP contribution in [0.2, 0.25) is 5.02 Å². The summed E-state index contributed by atoms with van der Waals surface area (Å²) in [6, 6.07) is 5.70. The molecule has 0 spiro atoms. The molecular weight excluding hydrogens is 341 g/mol. The number of benzene rings is 1. The third kappa shape index (κ3) is 2.77. The molecule has 6 heteroatoms. The first-order chi connectivity index (χ1) is 12.0. The number of amides is 2. The first kappa shape index (κ1) is 16.7. The van der Waals surface area contributed by atoms with Gasteiger partial charge in [-0.15, -0.1) is 0 Å². The van der Waals surface area contributed by atoms with Crippen LogP contribution in [0, 0.1) is 29.0 Å². The van der Waals surface area contributed by atoms with Gasteiger partial charge in [0.15, 0.2) is 0 Å². The number of anilines is 1. The normalized spacial score (nSPS) is 33.0. The smallest absolute Gasteiger partial charge is 0.318 e. The van der Waals surface area contributed by atoms with Crippen LogP contribution in [0.5, 0.6) is 0 Å². The number of halogens is 2. The molecule has 2 saturated carbocycles. The summed E-state index contributed by atoms with van der Waals surface area (Å²) in [5.41, 5.74) is 1.05. The SMILES string of the molecule is CC1CC2CC(C1)N2C(=O)Nc1cc(F)c(Cl)c([C@@H]2CC[C@@H]2C#N)c1. The summed E-state index contributed by atoms with van der Waals surface area (Å²) in [6.45, 7) is 2.22. The Balaban J connectivity index is 1.52. The van der Waals surface area contributed by atoms with Crippen LogP contribution in [0.1, 0.15) is 50.5 Å². The van der Waals surface area contributed by atoms with Crippen LogP contribution in [-0.2, 0) is 0 Å². The van der Waals surface area contributed by atoms with Crippen molar-refractivity contribution in [3.63, 3.8) is 0 Å². The number of nitriles is 1. The molecule has 4 aliphatic rings. The fourth-order valence-electron chi connectivity index (χ4n) is 4.64. The Kier molecular flexibility index (Phi) is 4.11. The van der Waals surface area contributed by atoms with Gasteiger partial charge in [-0.2, -0.15) is 5.26 Å². The van der Waals surface area contributed by atoms with E-state index in [2.05, 4.69) is 18.3 Å². The van der Waals surface area contributed by atoms with Crippen molar-refractivity contribution < 1.29 is 9.18 Å². The summed E-state index contributed by atoms with van der Waals surface area (Å²) < 4.78 is 14.2. The summed E-state index contributed by atoms with van der Waals surface area (Å²) in [6.07, 6.45) is 4.78. The monoisotopic (exact) mass is 361 g/mol. The van der Waals surface area contributed by atoms with Crippen LogP contribution in [-0.4, -0.2) is 23.0 Å². The lowest BCUT2D eigenvalue weighted by Crippen LogP contribution is -2.63. The standard InChI is InChI=1S/C19H21ClFN3O/c1-10-4-13-8-14(5-10)24(13)19(25)23-12-6-16(18(20)17(21)7-12)15-3-2-11(15)9-22/h6-7,10-11,13-15H,2-5,8H2,1H3,(H,23,25)/t10?,11-,13?,14?,15-/m1/s1. The molecule has 2 aliphatic heterocycles. The highest BCUT2D eigenvalue weighted by Gasteiger charge is 2.46. The molecule has 0 aromatic heterocycles. The summed E-state index contributed by atoms with van der Waals surface area (Å²) >= 11 is 6.12. The highest BCUT2D eigenvalue weighted by molar-refractivity contribution is 6.31. The molecule has 2 bridgehead atoms. The Labute approximate surface area is 151 Å². The van der Waals surface area contributed by atoms with Crippen LogP contribution in [0.3, 0.4) is 0 Å². The maximum Gasteiger partial charge on any atom is 0.322 e. The Morgan fingerprint density at radius 1 is 1.32 bits per heavy atom. The minimum Gasteiger partial charge on any atom is -0.318 e. The molecule has 4 atom stereocenters. The van der Waals surface area contributed by atoms with Crippen LogP contribution >= 0.6 is 11.6 Å². The number of piperidine rings is 1. The zero-order valence-corrected chi connectivity index (χ0v) is 14.9. The average molecular weight is 362 g/mol. The van der Waals surface area contributed by atoms with E-state index in [-0.39, 0.29) is 22.9 Å². The molecule has 25 heavy (non-hydrogen) atoms. The van der Waals surface area contributed by atoms with Crippen molar-refractivity contribution in [3.8, 4) is 6.07 Å². The topological polar surface area (TPSA) is 56.1 Å². The number of nitrogens with zero attached hydrogens (tertiary/aromatic N) is 2. The van der Waals surface area contributed by atoms with Gasteiger partial charge in [-0.25, -0.2) is 9.18 Å². The molecule has 2 unspecified atom stereocenters. The number of urea groups is 1. The lowest BCUT2D eigenvalue weighted by Gasteiger charge is -2.54. The van der Waals surface area contributed by atoms with Gasteiger partial charge >= 0.3 is 6.03 Å². The molecule has 1 N–H and O–H groups in total. The van der Waals surface area contributed by atoms with Crippen LogP contribution < -0.4 is 5.32 Å². The highest BCUT2D eigenvalue weighted by atomic mass is 35.5. The number of nitrogens with one attached hydrogen (secondary N) is 1. The summed E-state index contributed by atoms with van der Waals surface area (Å²) in [5.74, 6) is -0.0587. The summed E-state index contributed by atoms with van der Waals surface area (Å²) in [4.78, 5) is 14.5. The van der Waals surface area contributed by atoms with Gasteiger partial charge in [0, 0.05) is 23.7 Å². The van der Waals surface area contributed by atoms with E-state index in [1.807, 2.05) is 4.90 Å². The van der Waals surface area contributed by atoms with Crippen LogP contribution in [0.15, 0.2) is 12.1 Å². The van der Waals surface area contributed by atoms with Crippen molar-refractivity contribution >= 4 is 23.3 Å². The van der Waals surface area contributed by atoms with Gasteiger partial charge in [0.1, 0.15) is 5.82 Å². The van der Waals surface area contributed by atoms with Crippen molar-refractivity contribution in [2.45, 2.75) is 57.0 Å². The third-order valence-electron chi connectivity index (χ3n) is 6.06. The number of fused-ring (bicyclic) bond motifs is 2. The minimum absolute atomic E-state index is 0.0481. The second-order valence-corrected chi connectivity index (χ2v) is 8.12. The fraction of sp³-hybridized carbons (Fsp3) is 0.579. The first-order valence-corrected chi connectivity index (χ1v) is 9.33. The molecule has 4 nitrogen and oxygen atoms in total. The largest absolute Gasteiger partial charge is 0.322 e. The Morgan fingerprint density at radius 3 is 2.64 bits per heavy atom. The molecule has 2 saturated heterocycles. The Hall–Kier alpha value is -1.80. The van der Waals surface area contributed by atoms with Crippen LogP contribution in [0.25, 0.3) is 0 Å². The number of hydrogen-bond acceptors (Lipinski definition) is 2. The second-order valence-electron chi connectivity index (χ2n) is 7.74. The van der Waals surface area contributed by atoms with E-state index < -0.39 is 5.82 Å². The molecule has 1 aromatic carbocycles. The zero-order valence-electron chi connectivity index (χ0n) is 14.1. The molecule has 0 radical (unpaired) electrons. The third-order valence-corrected chi connectivity index (χ3v) is 6.46. The molecule has 2 amide bonds. The fourth-order valence-corrected chi connectivity index (χ4v) is 4.89. The van der Waals surface area contributed by atoms with Crippen molar-refractivity contribution in [2.24, 2.45) is 11.8 Å². The highest BCUT2D eigenvalue weighted by Crippen LogP contribution is 2.46. The van der Waals surface area contributed by atoms with E-state index in [1.54, 1.807) is 6.07 Å². The summed E-state index contributed by atoms with van der Waals surface area (Å²) in [5, 5.41) is 12.1. The number of rotatable bonds is 2. The summed E-state index contributed by atoms with van der Waals surface area (Å²) in [7, 11) is 0. The number of carbonyl (C=O) groups is 1. The zero-order chi connectivity index (χ0) is 17.7. The Bertz CT molecular complexity index is 750. The van der Waals surface area contributed by atoms with Crippen LogP contribution in [0.4, 0.5) is 14.9 Å². The van der Waals surface area contributed by atoms with Gasteiger partial charge in [-0.05, 0) is 55.7 Å².